The van der Waals surface area contributed by atoms with Crippen LogP contribution in [0.4, 0.5) is 13.2 Å². The third-order valence-electron chi connectivity index (χ3n) is 2.57. The number of hydrogen-bond acceptors (Lipinski definition) is 3. The summed E-state index contributed by atoms with van der Waals surface area (Å²) in [6, 6.07) is 4.72. The summed E-state index contributed by atoms with van der Waals surface area (Å²) in [6.07, 6.45) is -3.14. The van der Waals surface area contributed by atoms with Crippen LogP contribution in [0.3, 0.4) is 0 Å². The Balaban J connectivity index is 2.50. The second-order valence-corrected chi connectivity index (χ2v) is 3.68. The largest absolute Gasteiger partial charge is 0.416 e. The van der Waals surface area contributed by atoms with E-state index in [-0.39, 0.29) is 5.56 Å². The summed E-state index contributed by atoms with van der Waals surface area (Å²) in [7, 11) is 1.57. The third kappa shape index (κ3) is 2.35. The second-order valence-electron chi connectivity index (χ2n) is 3.68. The Bertz CT molecular complexity index is 507. The Kier molecular flexibility index (Phi) is 3.33. The number of H-pyrrole nitrogens is 1. The van der Waals surface area contributed by atoms with Crippen molar-refractivity contribution in [3.8, 4) is 0 Å². The highest BCUT2D eigenvalue weighted by molar-refractivity contribution is 5.35. The predicted molar refractivity (Wildman–Crippen MR) is 58.7 cm³/mol. The van der Waals surface area contributed by atoms with Gasteiger partial charge >= 0.3 is 6.18 Å². The molecule has 0 aliphatic carbocycles. The zero-order valence-electron chi connectivity index (χ0n) is 9.49. The first kappa shape index (κ1) is 12.6. The van der Waals surface area contributed by atoms with Crippen molar-refractivity contribution in [3.63, 3.8) is 0 Å². The number of benzene rings is 1. The summed E-state index contributed by atoms with van der Waals surface area (Å²) in [6.45, 7) is 0. The summed E-state index contributed by atoms with van der Waals surface area (Å²) in [5.74, 6) is 0.342. The van der Waals surface area contributed by atoms with Crippen molar-refractivity contribution in [1.29, 1.82) is 0 Å². The van der Waals surface area contributed by atoms with Crippen LogP contribution in [0.25, 0.3) is 0 Å². The average Bonchev–Trinajstić information content (AvgIpc) is 2.83. The molecular weight excluding hydrogens is 245 g/mol. The maximum absolute atomic E-state index is 12.9. The van der Waals surface area contributed by atoms with Gasteiger partial charge in [-0.05, 0) is 18.7 Å². The molecule has 2 rings (SSSR count). The van der Waals surface area contributed by atoms with Gasteiger partial charge in [0.25, 0.3) is 0 Å². The molecule has 4 nitrogen and oxygen atoms in total. The zero-order chi connectivity index (χ0) is 13.2. The van der Waals surface area contributed by atoms with Crippen molar-refractivity contribution in [2.24, 2.45) is 0 Å². The van der Waals surface area contributed by atoms with Crippen molar-refractivity contribution < 1.29 is 13.2 Å². The van der Waals surface area contributed by atoms with E-state index in [0.29, 0.717) is 5.82 Å². The minimum atomic E-state index is -4.40. The highest BCUT2D eigenvalue weighted by atomic mass is 19.4. The fourth-order valence-corrected chi connectivity index (χ4v) is 1.80. The van der Waals surface area contributed by atoms with E-state index in [1.54, 1.807) is 13.1 Å². The SMILES string of the molecule is CNC(c1ncn[nH]1)c1ccccc1C(F)(F)F. The number of nitrogens with zero attached hydrogens (tertiary/aromatic N) is 2. The molecule has 96 valence electrons. The molecule has 7 heteroatoms. The Morgan fingerprint density at radius 2 is 2.00 bits per heavy atom. The van der Waals surface area contributed by atoms with Crippen molar-refractivity contribution in [3.05, 3.63) is 47.5 Å². The first-order valence-electron chi connectivity index (χ1n) is 5.22. The zero-order valence-corrected chi connectivity index (χ0v) is 9.49. The van der Waals surface area contributed by atoms with Crippen LogP contribution in [-0.2, 0) is 6.18 Å². The lowest BCUT2D eigenvalue weighted by atomic mass is 9.99. The fourth-order valence-electron chi connectivity index (χ4n) is 1.80. The van der Waals surface area contributed by atoms with Crippen LogP contribution >= 0.6 is 0 Å². The highest BCUT2D eigenvalue weighted by Crippen LogP contribution is 2.35. The summed E-state index contributed by atoms with van der Waals surface area (Å²) < 4.78 is 38.7. The minimum Gasteiger partial charge on any atom is -0.307 e. The summed E-state index contributed by atoms with van der Waals surface area (Å²) in [5.41, 5.74) is -0.565. The van der Waals surface area contributed by atoms with E-state index < -0.39 is 17.8 Å². The van der Waals surface area contributed by atoms with Gasteiger partial charge in [0.2, 0.25) is 0 Å². The quantitative estimate of drug-likeness (QED) is 0.884. The van der Waals surface area contributed by atoms with Crippen LogP contribution in [0, 0.1) is 0 Å². The molecule has 0 spiro atoms. The number of aromatic nitrogens is 3. The van der Waals surface area contributed by atoms with Gasteiger partial charge in [-0.1, -0.05) is 18.2 Å². The first-order valence-corrected chi connectivity index (χ1v) is 5.22. The second kappa shape index (κ2) is 4.77. The maximum atomic E-state index is 12.9. The summed E-state index contributed by atoms with van der Waals surface area (Å²) >= 11 is 0. The van der Waals surface area contributed by atoms with Crippen LogP contribution in [0.2, 0.25) is 0 Å². The van der Waals surface area contributed by atoms with Crippen molar-refractivity contribution in [2.75, 3.05) is 7.05 Å². The van der Waals surface area contributed by atoms with E-state index in [1.807, 2.05) is 0 Å². The predicted octanol–water partition coefficient (Wildman–Crippen LogP) is 2.13. The molecule has 0 fully saturated rings. The van der Waals surface area contributed by atoms with Crippen LogP contribution in [-0.4, -0.2) is 22.2 Å². The molecule has 1 atom stereocenters. The van der Waals surface area contributed by atoms with Gasteiger partial charge in [-0.2, -0.15) is 18.3 Å². The standard InChI is InChI=1S/C11H11F3N4/c1-15-9(10-16-6-17-18-10)7-4-2-3-5-8(7)11(12,13)14/h2-6,9,15H,1H3,(H,16,17,18). The van der Waals surface area contributed by atoms with Gasteiger partial charge in [0.15, 0.2) is 0 Å². The molecule has 0 saturated heterocycles. The van der Waals surface area contributed by atoms with E-state index in [0.717, 1.165) is 6.07 Å². The van der Waals surface area contributed by atoms with Gasteiger partial charge in [0.1, 0.15) is 12.2 Å². The van der Waals surface area contributed by atoms with Crippen LogP contribution < -0.4 is 5.32 Å². The van der Waals surface area contributed by atoms with Gasteiger partial charge in [0, 0.05) is 0 Å². The van der Waals surface area contributed by atoms with Crippen LogP contribution in [0.15, 0.2) is 30.6 Å². The summed E-state index contributed by atoms with van der Waals surface area (Å²) in [5, 5.41) is 9.02. The molecule has 0 aliphatic rings. The molecule has 0 bridgehead atoms. The maximum Gasteiger partial charge on any atom is 0.416 e. The number of halogens is 3. The fraction of sp³-hybridized carbons (Fsp3) is 0.273. The molecule has 0 aliphatic heterocycles. The molecule has 1 aromatic carbocycles. The lowest BCUT2D eigenvalue weighted by Gasteiger charge is -2.19. The topological polar surface area (TPSA) is 53.6 Å². The van der Waals surface area contributed by atoms with Crippen LogP contribution in [0.5, 0.6) is 0 Å². The van der Waals surface area contributed by atoms with Gasteiger partial charge in [0.05, 0.1) is 11.6 Å². The highest BCUT2D eigenvalue weighted by Gasteiger charge is 2.35. The molecule has 2 aromatic rings. The number of alkyl halides is 3. The smallest absolute Gasteiger partial charge is 0.307 e. The molecule has 0 radical (unpaired) electrons. The normalized spacial score (nSPS) is 13.6. The molecule has 0 saturated carbocycles. The lowest BCUT2D eigenvalue weighted by molar-refractivity contribution is -0.138. The van der Waals surface area contributed by atoms with Gasteiger partial charge in [-0.15, -0.1) is 0 Å². The molecular formula is C11H11F3N4. The van der Waals surface area contributed by atoms with Crippen molar-refractivity contribution in [1.82, 2.24) is 20.5 Å². The Labute approximate surface area is 101 Å². The van der Waals surface area contributed by atoms with Crippen LogP contribution in [0.1, 0.15) is 23.0 Å². The van der Waals surface area contributed by atoms with Crippen molar-refractivity contribution >= 4 is 0 Å². The number of rotatable bonds is 3. The van der Waals surface area contributed by atoms with E-state index in [9.17, 15) is 13.2 Å². The van der Waals surface area contributed by atoms with Gasteiger partial charge in [-0.25, -0.2) is 4.98 Å². The van der Waals surface area contributed by atoms with E-state index >= 15 is 0 Å². The average molecular weight is 256 g/mol. The molecule has 18 heavy (non-hydrogen) atoms. The Morgan fingerprint density at radius 3 is 2.56 bits per heavy atom. The Morgan fingerprint density at radius 1 is 1.28 bits per heavy atom. The molecule has 1 heterocycles. The third-order valence-corrected chi connectivity index (χ3v) is 2.57. The van der Waals surface area contributed by atoms with Gasteiger partial charge in [-0.3, -0.25) is 5.10 Å². The van der Waals surface area contributed by atoms with E-state index in [2.05, 4.69) is 20.5 Å². The number of aromatic amines is 1. The monoisotopic (exact) mass is 256 g/mol. The summed E-state index contributed by atoms with van der Waals surface area (Å²) in [4.78, 5) is 3.89. The van der Waals surface area contributed by atoms with Crippen molar-refractivity contribution in [2.45, 2.75) is 12.2 Å². The Hall–Kier alpha value is -1.89. The molecule has 1 aromatic heterocycles. The molecule has 0 amide bonds. The van der Waals surface area contributed by atoms with Gasteiger partial charge < -0.3 is 5.32 Å². The van der Waals surface area contributed by atoms with E-state index in [1.165, 1.54) is 18.5 Å². The number of hydrogen-bond donors (Lipinski definition) is 2. The number of nitrogens with one attached hydrogen (secondary N) is 2. The van der Waals surface area contributed by atoms with E-state index in [4.69, 9.17) is 0 Å². The lowest BCUT2D eigenvalue weighted by Crippen LogP contribution is -2.23. The molecule has 2 N–H and O–H groups in total. The minimum absolute atomic E-state index is 0.115. The first-order chi connectivity index (χ1) is 8.54. The molecule has 1 unspecified atom stereocenters.